The predicted octanol–water partition coefficient (Wildman–Crippen LogP) is 6.84. The zero-order chi connectivity index (χ0) is 22.9. The molecule has 3 aromatic carbocycles. The molecule has 0 saturated carbocycles. The van der Waals surface area contributed by atoms with Crippen LogP contribution in [0.4, 0.5) is 4.79 Å². The van der Waals surface area contributed by atoms with Gasteiger partial charge in [0.2, 0.25) is 0 Å². The van der Waals surface area contributed by atoms with Crippen molar-refractivity contribution < 1.29 is 9.59 Å². The minimum Gasteiger partial charge on any atom is -0.340 e. The van der Waals surface area contributed by atoms with Crippen LogP contribution in [-0.4, -0.2) is 20.6 Å². The summed E-state index contributed by atoms with van der Waals surface area (Å²) in [6.07, 6.45) is 1.89. The molecule has 0 spiro atoms. The Kier molecular flexibility index (Phi) is 6.12. The Hall–Kier alpha value is -2.84. The number of amides is 2. The molecule has 0 N–H and O–H groups in total. The number of halogens is 1. The van der Waals surface area contributed by atoms with Gasteiger partial charge in [-0.15, -0.1) is 0 Å². The van der Waals surface area contributed by atoms with Gasteiger partial charge in [0.15, 0.2) is 0 Å². The standard InChI is InChI=1S/C27H21IN2O2S/c1-18-23(22-9-5-6-10-24(22)29(18)16-19-7-3-2-4-8-19)15-25-26(31)30(27(32)33-25)17-20-11-13-21(28)14-12-20/h2-15H,16-17H2,1H3/b25-15-. The largest absolute Gasteiger partial charge is 0.340 e. The summed E-state index contributed by atoms with van der Waals surface area (Å²) in [7, 11) is 0. The van der Waals surface area contributed by atoms with Gasteiger partial charge in [0.05, 0.1) is 11.4 Å². The molecule has 4 aromatic rings. The van der Waals surface area contributed by atoms with Crippen LogP contribution < -0.4 is 0 Å². The van der Waals surface area contributed by atoms with E-state index in [-0.39, 0.29) is 17.7 Å². The van der Waals surface area contributed by atoms with Crippen LogP contribution in [0.2, 0.25) is 0 Å². The second kappa shape index (κ2) is 9.19. The lowest BCUT2D eigenvalue weighted by molar-refractivity contribution is -0.123. The number of carbonyl (C=O) groups excluding carboxylic acids is 2. The highest BCUT2D eigenvalue weighted by Crippen LogP contribution is 2.36. The van der Waals surface area contributed by atoms with Crippen molar-refractivity contribution in [2.45, 2.75) is 20.0 Å². The van der Waals surface area contributed by atoms with Gasteiger partial charge in [-0.3, -0.25) is 14.5 Å². The van der Waals surface area contributed by atoms with Crippen LogP contribution in [0.5, 0.6) is 0 Å². The summed E-state index contributed by atoms with van der Waals surface area (Å²) in [5.41, 5.74) is 5.33. The first-order valence-electron chi connectivity index (χ1n) is 10.6. The van der Waals surface area contributed by atoms with Gasteiger partial charge in [0.25, 0.3) is 11.1 Å². The van der Waals surface area contributed by atoms with Gasteiger partial charge in [0.1, 0.15) is 0 Å². The average Bonchev–Trinajstić information content (AvgIpc) is 3.24. The Labute approximate surface area is 210 Å². The fourth-order valence-corrected chi connectivity index (χ4v) is 5.33. The third-order valence-corrected chi connectivity index (χ3v) is 7.49. The monoisotopic (exact) mass is 564 g/mol. The van der Waals surface area contributed by atoms with E-state index in [1.165, 1.54) is 10.5 Å². The summed E-state index contributed by atoms with van der Waals surface area (Å²) in [6.45, 7) is 3.10. The summed E-state index contributed by atoms with van der Waals surface area (Å²) < 4.78 is 3.39. The van der Waals surface area contributed by atoms with Crippen LogP contribution >= 0.6 is 34.4 Å². The van der Waals surface area contributed by atoms with Crippen LogP contribution in [0, 0.1) is 10.5 Å². The molecule has 1 fully saturated rings. The Bertz CT molecular complexity index is 1390. The van der Waals surface area contributed by atoms with E-state index >= 15 is 0 Å². The Morgan fingerprint density at radius 2 is 1.52 bits per heavy atom. The zero-order valence-electron chi connectivity index (χ0n) is 18.0. The lowest BCUT2D eigenvalue weighted by atomic mass is 10.1. The minimum atomic E-state index is -0.233. The number of para-hydroxylation sites is 1. The number of hydrogen-bond acceptors (Lipinski definition) is 3. The third kappa shape index (κ3) is 4.37. The Balaban J connectivity index is 1.50. The first kappa shape index (κ1) is 22.0. The molecule has 2 heterocycles. The van der Waals surface area contributed by atoms with Crippen LogP contribution in [0.1, 0.15) is 22.4 Å². The lowest BCUT2D eigenvalue weighted by Crippen LogP contribution is -2.27. The number of carbonyl (C=O) groups is 2. The highest BCUT2D eigenvalue weighted by atomic mass is 127. The molecule has 5 rings (SSSR count). The van der Waals surface area contributed by atoms with Crippen molar-refractivity contribution in [3.8, 4) is 0 Å². The summed E-state index contributed by atoms with van der Waals surface area (Å²) in [4.78, 5) is 27.6. The summed E-state index contributed by atoms with van der Waals surface area (Å²) in [5.74, 6) is -0.233. The molecule has 33 heavy (non-hydrogen) atoms. The van der Waals surface area contributed by atoms with Crippen molar-refractivity contribution in [2.75, 3.05) is 0 Å². The molecule has 2 amide bonds. The van der Waals surface area contributed by atoms with Crippen molar-refractivity contribution in [3.05, 3.63) is 110 Å². The highest BCUT2D eigenvalue weighted by Gasteiger charge is 2.35. The molecular weight excluding hydrogens is 543 g/mol. The van der Waals surface area contributed by atoms with Crippen LogP contribution in [-0.2, 0) is 17.9 Å². The summed E-state index contributed by atoms with van der Waals surface area (Å²) in [5, 5.41) is 0.853. The molecule has 4 nitrogen and oxygen atoms in total. The fourth-order valence-electron chi connectivity index (χ4n) is 4.15. The normalized spacial score (nSPS) is 15.2. The van der Waals surface area contributed by atoms with E-state index in [2.05, 4.69) is 58.3 Å². The van der Waals surface area contributed by atoms with Gasteiger partial charge in [-0.1, -0.05) is 60.7 Å². The Morgan fingerprint density at radius 1 is 0.848 bits per heavy atom. The molecule has 1 aliphatic rings. The summed E-state index contributed by atoms with van der Waals surface area (Å²) >= 11 is 3.26. The second-order valence-corrected chi connectivity index (χ2v) is 10.2. The predicted molar refractivity (Wildman–Crippen MR) is 143 cm³/mol. The van der Waals surface area contributed by atoms with E-state index in [0.717, 1.165) is 49.6 Å². The van der Waals surface area contributed by atoms with Crippen molar-refractivity contribution in [2.24, 2.45) is 0 Å². The number of thioether (sulfide) groups is 1. The number of aromatic nitrogens is 1. The maximum Gasteiger partial charge on any atom is 0.293 e. The van der Waals surface area contributed by atoms with E-state index in [1.807, 2.05) is 60.7 Å². The fraction of sp³-hybridized carbons (Fsp3) is 0.111. The lowest BCUT2D eigenvalue weighted by Gasteiger charge is -2.12. The number of rotatable bonds is 5. The minimum absolute atomic E-state index is 0.226. The van der Waals surface area contributed by atoms with Crippen molar-refractivity contribution >= 4 is 62.5 Å². The molecule has 1 aromatic heterocycles. The van der Waals surface area contributed by atoms with Crippen molar-refractivity contribution in [3.63, 3.8) is 0 Å². The van der Waals surface area contributed by atoms with Gasteiger partial charge in [-0.2, -0.15) is 0 Å². The third-order valence-electron chi connectivity index (χ3n) is 5.87. The maximum atomic E-state index is 13.1. The molecule has 6 heteroatoms. The van der Waals surface area contributed by atoms with E-state index < -0.39 is 0 Å². The molecule has 0 aliphatic carbocycles. The van der Waals surface area contributed by atoms with E-state index in [4.69, 9.17) is 0 Å². The van der Waals surface area contributed by atoms with Crippen molar-refractivity contribution in [1.82, 2.24) is 9.47 Å². The van der Waals surface area contributed by atoms with Crippen molar-refractivity contribution in [1.29, 1.82) is 0 Å². The number of benzene rings is 3. The van der Waals surface area contributed by atoms with Gasteiger partial charge in [0, 0.05) is 32.3 Å². The zero-order valence-corrected chi connectivity index (χ0v) is 21.0. The van der Waals surface area contributed by atoms with Gasteiger partial charge in [-0.25, -0.2) is 0 Å². The van der Waals surface area contributed by atoms with Crippen LogP contribution in [0.25, 0.3) is 17.0 Å². The van der Waals surface area contributed by atoms with Gasteiger partial charge in [-0.05, 0) is 76.7 Å². The second-order valence-electron chi connectivity index (χ2n) is 7.98. The quantitative estimate of drug-likeness (QED) is 0.197. The van der Waals surface area contributed by atoms with Crippen LogP contribution in [0.3, 0.4) is 0 Å². The van der Waals surface area contributed by atoms with Gasteiger partial charge < -0.3 is 4.57 Å². The molecule has 0 atom stereocenters. The smallest absolute Gasteiger partial charge is 0.293 e. The van der Waals surface area contributed by atoms with E-state index in [9.17, 15) is 9.59 Å². The number of imide groups is 1. The van der Waals surface area contributed by atoms with Gasteiger partial charge >= 0.3 is 0 Å². The summed E-state index contributed by atoms with van der Waals surface area (Å²) in [6, 6.07) is 26.4. The topological polar surface area (TPSA) is 42.3 Å². The molecule has 0 bridgehead atoms. The number of hydrogen-bond donors (Lipinski definition) is 0. The number of nitrogens with zero attached hydrogens (tertiary/aromatic N) is 2. The number of fused-ring (bicyclic) bond motifs is 1. The first-order valence-corrected chi connectivity index (χ1v) is 12.5. The van der Waals surface area contributed by atoms with E-state index in [1.54, 1.807) is 0 Å². The molecule has 164 valence electrons. The first-order chi connectivity index (χ1) is 16.0. The highest BCUT2D eigenvalue weighted by molar-refractivity contribution is 14.1. The van der Waals surface area contributed by atoms with E-state index in [0.29, 0.717) is 4.91 Å². The Morgan fingerprint density at radius 3 is 2.27 bits per heavy atom. The molecule has 0 radical (unpaired) electrons. The average molecular weight is 564 g/mol. The SMILES string of the molecule is Cc1c(/C=C2\SC(=O)N(Cc3ccc(I)cc3)C2=O)c2ccccc2n1Cc1ccccc1. The molecule has 1 saturated heterocycles. The molecule has 1 aliphatic heterocycles. The van der Waals surface area contributed by atoms with Crippen LogP contribution in [0.15, 0.2) is 83.8 Å². The molecular formula is C27H21IN2O2S. The molecule has 0 unspecified atom stereocenters. The maximum absolute atomic E-state index is 13.1.